The van der Waals surface area contributed by atoms with E-state index >= 15 is 0 Å². The lowest BCUT2D eigenvalue weighted by Crippen LogP contribution is -2.37. The Kier molecular flexibility index (Phi) is 6.18. The average Bonchev–Trinajstić information content (AvgIpc) is 2.57. The van der Waals surface area contributed by atoms with Gasteiger partial charge in [0.25, 0.3) is 0 Å². The van der Waals surface area contributed by atoms with E-state index in [0.717, 1.165) is 18.4 Å². The van der Waals surface area contributed by atoms with Crippen molar-refractivity contribution in [2.24, 2.45) is 0 Å². The van der Waals surface area contributed by atoms with Crippen molar-refractivity contribution in [3.63, 3.8) is 0 Å². The summed E-state index contributed by atoms with van der Waals surface area (Å²) >= 11 is 0. The van der Waals surface area contributed by atoms with E-state index in [2.05, 4.69) is 10.6 Å². The first-order valence-corrected chi connectivity index (χ1v) is 8.14. The molecular weight excluding hydrogens is 307 g/mol. The molecule has 0 aromatic heterocycles. The van der Waals surface area contributed by atoms with Gasteiger partial charge in [0.2, 0.25) is 0 Å². The van der Waals surface area contributed by atoms with Crippen LogP contribution < -0.4 is 15.4 Å². The molecule has 5 heteroatoms. The van der Waals surface area contributed by atoms with E-state index in [-0.39, 0.29) is 11.7 Å². The summed E-state index contributed by atoms with van der Waals surface area (Å²) in [5.41, 5.74) is 1.08. The largest absolute Gasteiger partial charge is 0.457 e. The molecule has 128 valence electrons. The SMILES string of the molecule is CCC(CC)NC(=O)Nc1ccc(Oc2ccccc2C)cc1F. The van der Waals surface area contributed by atoms with Crippen LogP contribution in [0, 0.1) is 12.7 Å². The molecule has 0 radical (unpaired) electrons. The normalized spacial score (nSPS) is 10.5. The number of ether oxygens (including phenoxy) is 1. The van der Waals surface area contributed by atoms with Gasteiger partial charge in [-0.2, -0.15) is 0 Å². The molecule has 0 heterocycles. The number of rotatable bonds is 6. The van der Waals surface area contributed by atoms with Crippen LogP contribution >= 0.6 is 0 Å². The van der Waals surface area contributed by atoms with Crippen LogP contribution in [0.4, 0.5) is 14.9 Å². The number of amides is 2. The van der Waals surface area contributed by atoms with Gasteiger partial charge >= 0.3 is 6.03 Å². The predicted molar refractivity (Wildman–Crippen MR) is 94.2 cm³/mol. The highest BCUT2D eigenvalue weighted by Gasteiger charge is 2.12. The highest BCUT2D eigenvalue weighted by Crippen LogP contribution is 2.27. The first kappa shape index (κ1) is 17.8. The second kappa shape index (κ2) is 8.34. The summed E-state index contributed by atoms with van der Waals surface area (Å²) in [5, 5.41) is 5.34. The number of nitrogens with one attached hydrogen (secondary N) is 2. The summed E-state index contributed by atoms with van der Waals surface area (Å²) in [6, 6.07) is 11.6. The van der Waals surface area contributed by atoms with Gasteiger partial charge in [0, 0.05) is 12.1 Å². The molecule has 0 spiro atoms. The number of anilines is 1. The number of benzene rings is 2. The standard InChI is InChI=1S/C19H23FN2O2/c1-4-14(5-2)21-19(23)22-17-11-10-15(12-16(17)20)24-18-9-7-6-8-13(18)3/h6-12,14H,4-5H2,1-3H3,(H2,21,22,23). The van der Waals surface area contributed by atoms with Crippen molar-refractivity contribution in [3.8, 4) is 11.5 Å². The van der Waals surface area contributed by atoms with Gasteiger partial charge in [-0.1, -0.05) is 32.0 Å². The fourth-order valence-corrected chi connectivity index (χ4v) is 2.30. The maximum absolute atomic E-state index is 14.2. The van der Waals surface area contributed by atoms with Crippen molar-refractivity contribution in [1.82, 2.24) is 5.32 Å². The number of aryl methyl sites for hydroxylation is 1. The molecule has 24 heavy (non-hydrogen) atoms. The van der Waals surface area contributed by atoms with Gasteiger partial charge in [0.15, 0.2) is 0 Å². The molecule has 0 aliphatic heterocycles. The molecule has 0 saturated carbocycles. The molecule has 0 bridgehead atoms. The van der Waals surface area contributed by atoms with Gasteiger partial charge < -0.3 is 15.4 Å². The van der Waals surface area contributed by atoms with E-state index < -0.39 is 11.8 Å². The van der Waals surface area contributed by atoms with Crippen LogP contribution in [0.1, 0.15) is 32.3 Å². The molecule has 0 unspecified atom stereocenters. The molecule has 2 N–H and O–H groups in total. The summed E-state index contributed by atoms with van der Waals surface area (Å²) in [4.78, 5) is 11.9. The van der Waals surface area contributed by atoms with E-state index in [1.807, 2.05) is 45.0 Å². The summed E-state index contributed by atoms with van der Waals surface area (Å²) in [6.45, 7) is 5.91. The van der Waals surface area contributed by atoms with Crippen LogP contribution in [0.15, 0.2) is 42.5 Å². The summed E-state index contributed by atoms with van der Waals surface area (Å²) in [5.74, 6) is 0.512. The average molecular weight is 330 g/mol. The van der Waals surface area contributed by atoms with Crippen molar-refractivity contribution in [2.75, 3.05) is 5.32 Å². The zero-order valence-electron chi connectivity index (χ0n) is 14.2. The number of carbonyl (C=O) groups is 1. The summed E-state index contributed by atoms with van der Waals surface area (Å²) in [7, 11) is 0. The number of halogens is 1. The topological polar surface area (TPSA) is 50.4 Å². The van der Waals surface area contributed by atoms with E-state index in [1.165, 1.54) is 12.1 Å². The third-order valence-corrected chi connectivity index (χ3v) is 3.83. The second-order valence-corrected chi connectivity index (χ2v) is 5.62. The Morgan fingerprint density at radius 1 is 1.17 bits per heavy atom. The first-order valence-electron chi connectivity index (χ1n) is 8.14. The number of carbonyl (C=O) groups excluding carboxylic acids is 1. The molecule has 4 nitrogen and oxygen atoms in total. The van der Waals surface area contributed by atoms with Gasteiger partial charge in [0.1, 0.15) is 17.3 Å². The predicted octanol–water partition coefficient (Wildman–Crippen LogP) is 5.24. The van der Waals surface area contributed by atoms with Crippen LogP contribution in [0.25, 0.3) is 0 Å². The Hall–Kier alpha value is -2.56. The van der Waals surface area contributed by atoms with Crippen LogP contribution in [-0.2, 0) is 0 Å². The number of hydrogen-bond acceptors (Lipinski definition) is 2. The molecule has 2 amide bonds. The van der Waals surface area contributed by atoms with Gasteiger partial charge in [-0.25, -0.2) is 9.18 Å². The molecule has 0 fully saturated rings. The van der Waals surface area contributed by atoms with Crippen molar-refractivity contribution >= 4 is 11.7 Å². The van der Waals surface area contributed by atoms with E-state index in [9.17, 15) is 9.18 Å². The minimum Gasteiger partial charge on any atom is -0.457 e. The van der Waals surface area contributed by atoms with Crippen LogP contribution in [0.2, 0.25) is 0 Å². The van der Waals surface area contributed by atoms with Crippen molar-refractivity contribution < 1.29 is 13.9 Å². The maximum Gasteiger partial charge on any atom is 0.319 e. The van der Waals surface area contributed by atoms with Crippen LogP contribution in [0.3, 0.4) is 0 Å². The lowest BCUT2D eigenvalue weighted by molar-refractivity contribution is 0.247. The van der Waals surface area contributed by atoms with Crippen molar-refractivity contribution in [1.29, 1.82) is 0 Å². The van der Waals surface area contributed by atoms with E-state index in [0.29, 0.717) is 11.5 Å². The van der Waals surface area contributed by atoms with Gasteiger partial charge in [-0.15, -0.1) is 0 Å². The van der Waals surface area contributed by atoms with E-state index in [1.54, 1.807) is 6.07 Å². The lowest BCUT2D eigenvalue weighted by Gasteiger charge is -2.16. The quantitative estimate of drug-likeness (QED) is 0.761. The maximum atomic E-state index is 14.2. The fourth-order valence-electron chi connectivity index (χ4n) is 2.30. The molecule has 2 aromatic rings. The highest BCUT2D eigenvalue weighted by molar-refractivity contribution is 5.89. The molecule has 2 aromatic carbocycles. The third-order valence-electron chi connectivity index (χ3n) is 3.83. The highest BCUT2D eigenvalue weighted by atomic mass is 19.1. The van der Waals surface area contributed by atoms with Crippen LogP contribution in [0.5, 0.6) is 11.5 Å². The Labute approximate surface area is 142 Å². The minimum atomic E-state index is -0.541. The van der Waals surface area contributed by atoms with E-state index in [4.69, 9.17) is 4.74 Å². The molecule has 0 atom stereocenters. The summed E-state index contributed by atoms with van der Waals surface area (Å²) < 4.78 is 19.9. The van der Waals surface area contributed by atoms with Crippen molar-refractivity contribution in [3.05, 3.63) is 53.8 Å². The van der Waals surface area contributed by atoms with Crippen molar-refractivity contribution in [2.45, 2.75) is 39.7 Å². The Morgan fingerprint density at radius 3 is 2.50 bits per heavy atom. The van der Waals surface area contributed by atoms with Gasteiger partial charge in [-0.3, -0.25) is 0 Å². The number of para-hydroxylation sites is 1. The zero-order chi connectivity index (χ0) is 17.5. The lowest BCUT2D eigenvalue weighted by atomic mass is 10.2. The smallest absolute Gasteiger partial charge is 0.319 e. The zero-order valence-corrected chi connectivity index (χ0v) is 14.2. The Morgan fingerprint density at radius 2 is 1.88 bits per heavy atom. The Balaban J connectivity index is 2.04. The molecule has 0 aliphatic rings. The molecular formula is C19H23FN2O2. The number of hydrogen-bond donors (Lipinski definition) is 2. The summed E-state index contributed by atoms with van der Waals surface area (Å²) in [6.07, 6.45) is 1.66. The number of urea groups is 1. The molecule has 0 aliphatic carbocycles. The minimum absolute atomic E-state index is 0.0803. The van der Waals surface area contributed by atoms with Gasteiger partial charge in [-0.05, 0) is 43.5 Å². The van der Waals surface area contributed by atoms with Crippen LogP contribution in [-0.4, -0.2) is 12.1 Å². The Bertz CT molecular complexity index is 700. The second-order valence-electron chi connectivity index (χ2n) is 5.62. The molecule has 0 saturated heterocycles. The molecule has 2 rings (SSSR count). The first-order chi connectivity index (χ1) is 11.5. The van der Waals surface area contributed by atoms with Gasteiger partial charge in [0.05, 0.1) is 5.69 Å². The monoisotopic (exact) mass is 330 g/mol. The third kappa shape index (κ3) is 4.72. The fraction of sp³-hybridized carbons (Fsp3) is 0.316.